The van der Waals surface area contributed by atoms with Gasteiger partial charge in [0.1, 0.15) is 18.3 Å². The highest BCUT2D eigenvalue weighted by molar-refractivity contribution is 7.98. The SMILES string of the molecule is CSCCC(NS(=O)(=O)c1ccc(Cl)cc1)C(=O)OCc1cc(=O)n2ccccc2n1. The normalized spacial score (nSPS) is 12.6. The lowest BCUT2D eigenvalue weighted by Crippen LogP contribution is -2.42. The van der Waals surface area contributed by atoms with Crippen molar-refractivity contribution in [3.8, 4) is 0 Å². The Balaban J connectivity index is 1.74. The van der Waals surface area contributed by atoms with E-state index in [0.29, 0.717) is 16.4 Å². The van der Waals surface area contributed by atoms with E-state index in [1.807, 2.05) is 6.26 Å². The summed E-state index contributed by atoms with van der Waals surface area (Å²) in [7, 11) is -3.96. The maximum Gasteiger partial charge on any atom is 0.324 e. The van der Waals surface area contributed by atoms with E-state index in [0.717, 1.165) is 0 Å². The number of thioether (sulfide) groups is 1. The Labute approximate surface area is 188 Å². The van der Waals surface area contributed by atoms with Gasteiger partial charge in [0.2, 0.25) is 10.0 Å². The summed E-state index contributed by atoms with van der Waals surface area (Å²) in [6.45, 7) is -0.252. The number of fused-ring (bicyclic) bond motifs is 1. The quantitative estimate of drug-likeness (QED) is 0.468. The minimum atomic E-state index is -3.96. The Morgan fingerprint density at radius 2 is 2.00 bits per heavy atom. The van der Waals surface area contributed by atoms with E-state index in [1.54, 1.807) is 24.4 Å². The Bertz CT molecular complexity index is 1230. The lowest BCUT2D eigenvalue weighted by molar-refractivity contribution is -0.147. The third kappa shape index (κ3) is 6.07. The summed E-state index contributed by atoms with van der Waals surface area (Å²) in [6.07, 6.45) is 3.67. The van der Waals surface area contributed by atoms with Gasteiger partial charge in [-0.2, -0.15) is 16.5 Å². The molecule has 164 valence electrons. The molecule has 0 fully saturated rings. The second-order valence-electron chi connectivity index (χ2n) is 6.53. The molecule has 1 aromatic carbocycles. The van der Waals surface area contributed by atoms with Crippen molar-refractivity contribution < 1.29 is 17.9 Å². The van der Waals surface area contributed by atoms with Crippen molar-refractivity contribution in [2.45, 2.75) is 24.0 Å². The minimum absolute atomic E-state index is 0.0110. The predicted octanol–water partition coefficient (Wildman–Crippen LogP) is 2.49. The van der Waals surface area contributed by atoms with Gasteiger partial charge in [0.05, 0.1) is 10.6 Å². The number of sulfonamides is 1. The highest BCUT2D eigenvalue weighted by Gasteiger charge is 2.27. The van der Waals surface area contributed by atoms with E-state index in [9.17, 15) is 18.0 Å². The smallest absolute Gasteiger partial charge is 0.324 e. The summed E-state index contributed by atoms with van der Waals surface area (Å²) in [6, 6.07) is 10.9. The largest absolute Gasteiger partial charge is 0.458 e. The fourth-order valence-corrected chi connectivity index (χ4v) is 4.57. The van der Waals surface area contributed by atoms with Crippen LogP contribution in [0.25, 0.3) is 5.65 Å². The molecule has 8 nitrogen and oxygen atoms in total. The molecule has 0 saturated heterocycles. The van der Waals surface area contributed by atoms with E-state index in [-0.39, 0.29) is 29.2 Å². The van der Waals surface area contributed by atoms with Gasteiger partial charge in [-0.3, -0.25) is 14.0 Å². The maximum atomic E-state index is 12.7. The molecule has 11 heteroatoms. The lowest BCUT2D eigenvalue weighted by Gasteiger charge is -2.17. The topological polar surface area (TPSA) is 107 Å². The Morgan fingerprint density at radius 3 is 2.71 bits per heavy atom. The zero-order valence-corrected chi connectivity index (χ0v) is 18.9. The van der Waals surface area contributed by atoms with E-state index in [2.05, 4.69) is 9.71 Å². The van der Waals surface area contributed by atoms with Crippen LogP contribution in [0.5, 0.6) is 0 Å². The number of hydrogen-bond acceptors (Lipinski definition) is 7. The molecule has 3 rings (SSSR count). The van der Waals surface area contributed by atoms with Gasteiger partial charge in [0, 0.05) is 17.3 Å². The second-order valence-corrected chi connectivity index (χ2v) is 9.67. The van der Waals surface area contributed by atoms with Gasteiger partial charge in [-0.25, -0.2) is 13.4 Å². The van der Waals surface area contributed by atoms with Crippen LogP contribution in [0.1, 0.15) is 12.1 Å². The fraction of sp³-hybridized carbons (Fsp3) is 0.250. The van der Waals surface area contributed by atoms with Crippen LogP contribution in [-0.4, -0.2) is 41.8 Å². The van der Waals surface area contributed by atoms with E-state index < -0.39 is 22.0 Å². The number of benzene rings is 1. The van der Waals surface area contributed by atoms with Gasteiger partial charge in [-0.15, -0.1) is 0 Å². The fourth-order valence-electron chi connectivity index (χ4n) is 2.75. The molecular formula is C20H20ClN3O5S2. The Hall–Kier alpha value is -2.40. The van der Waals surface area contributed by atoms with E-state index in [4.69, 9.17) is 16.3 Å². The molecule has 31 heavy (non-hydrogen) atoms. The first kappa shape index (κ1) is 23.3. The lowest BCUT2D eigenvalue weighted by atomic mass is 10.2. The van der Waals surface area contributed by atoms with Crippen LogP contribution in [-0.2, 0) is 26.2 Å². The van der Waals surface area contributed by atoms with Gasteiger partial charge >= 0.3 is 5.97 Å². The molecule has 0 aliphatic carbocycles. The van der Waals surface area contributed by atoms with Crippen molar-refractivity contribution >= 4 is 45.0 Å². The first-order chi connectivity index (χ1) is 14.8. The van der Waals surface area contributed by atoms with Crippen LogP contribution >= 0.6 is 23.4 Å². The number of rotatable bonds is 9. The van der Waals surface area contributed by atoms with E-state index >= 15 is 0 Å². The number of nitrogens with zero attached hydrogens (tertiary/aromatic N) is 2. The number of nitrogens with one attached hydrogen (secondary N) is 1. The number of aromatic nitrogens is 2. The second kappa shape index (κ2) is 10.3. The zero-order valence-electron chi connectivity index (χ0n) is 16.5. The van der Waals surface area contributed by atoms with Crippen molar-refractivity contribution in [1.82, 2.24) is 14.1 Å². The molecule has 0 radical (unpaired) electrons. The van der Waals surface area contributed by atoms with Crippen LogP contribution in [0.3, 0.4) is 0 Å². The average molecular weight is 482 g/mol. The highest BCUT2D eigenvalue weighted by atomic mass is 35.5. The summed E-state index contributed by atoms with van der Waals surface area (Å²) >= 11 is 7.28. The predicted molar refractivity (Wildman–Crippen MR) is 120 cm³/mol. The van der Waals surface area contributed by atoms with Crippen LogP contribution in [0.2, 0.25) is 5.02 Å². The molecule has 0 aliphatic rings. The van der Waals surface area contributed by atoms with Crippen molar-refractivity contribution in [1.29, 1.82) is 0 Å². The van der Waals surface area contributed by atoms with E-state index in [1.165, 1.54) is 46.5 Å². The van der Waals surface area contributed by atoms with Crippen molar-refractivity contribution in [2.75, 3.05) is 12.0 Å². The third-order valence-electron chi connectivity index (χ3n) is 4.30. The summed E-state index contributed by atoms with van der Waals surface area (Å²) in [5.41, 5.74) is 0.385. The third-order valence-corrected chi connectivity index (χ3v) is 6.69. The number of halogens is 1. The van der Waals surface area contributed by atoms with Crippen LogP contribution in [0.15, 0.2) is 64.4 Å². The molecule has 1 unspecified atom stereocenters. The monoisotopic (exact) mass is 481 g/mol. The highest BCUT2D eigenvalue weighted by Crippen LogP contribution is 2.16. The number of pyridine rings is 1. The number of hydrogen-bond donors (Lipinski definition) is 1. The molecular weight excluding hydrogens is 462 g/mol. The maximum absolute atomic E-state index is 12.7. The van der Waals surface area contributed by atoms with Crippen molar-refractivity contribution in [3.63, 3.8) is 0 Å². The first-order valence-electron chi connectivity index (χ1n) is 9.21. The molecule has 0 bridgehead atoms. The molecule has 0 spiro atoms. The van der Waals surface area contributed by atoms with Crippen molar-refractivity contribution in [2.24, 2.45) is 0 Å². The van der Waals surface area contributed by atoms with Gasteiger partial charge in [0.15, 0.2) is 0 Å². The summed E-state index contributed by atoms with van der Waals surface area (Å²) in [5.74, 6) is -0.208. The first-order valence-corrected chi connectivity index (χ1v) is 12.5. The van der Waals surface area contributed by atoms with Crippen LogP contribution in [0, 0.1) is 0 Å². The number of carbonyl (C=O) groups excluding carboxylic acids is 1. The molecule has 0 aliphatic heterocycles. The van der Waals surface area contributed by atoms with Gasteiger partial charge < -0.3 is 4.74 Å². The van der Waals surface area contributed by atoms with Gasteiger partial charge in [-0.05, 0) is 54.8 Å². The minimum Gasteiger partial charge on any atom is -0.458 e. The average Bonchev–Trinajstić information content (AvgIpc) is 2.75. The summed E-state index contributed by atoms with van der Waals surface area (Å²) < 4.78 is 34.4. The molecule has 3 aromatic rings. The number of ether oxygens (including phenoxy) is 1. The molecule has 0 saturated carbocycles. The number of esters is 1. The summed E-state index contributed by atoms with van der Waals surface area (Å²) in [5, 5.41) is 0.399. The summed E-state index contributed by atoms with van der Waals surface area (Å²) in [4.78, 5) is 29.1. The zero-order chi connectivity index (χ0) is 22.4. The Kier molecular flexibility index (Phi) is 7.71. The van der Waals surface area contributed by atoms with Crippen LogP contribution in [0.4, 0.5) is 0 Å². The molecule has 0 amide bonds. The van der Waals surface area contributed by atoms with Gasteiger partial charge in [0.25, 0.3) is 5.56 Å². The molecule has 2 heterocycles. The van der Waals surface area contributed by atoms with Crippen LogP contribution < -0.4 is 10.3 Å². The molecule has 2 aromatic heterocycles. The molecule has 1 atom stereocenters. The standard InChI is InChI=1S/C20H20ClN3O5S2/c1-30-11-9-17(23-31(27,28)16-7-5-14(21)6-8-16)20(26)29-13-15-12-19(25)24-10-3-2-4-18(24)22-15/h2-8,10,12,17,23H,9,11,13H2,1H3. The van der Waals surface area contributed by atoms with Gasteiger partial charge in [-0.1, -0.05) is 17.7 Å². The van der Waals surface area contributed by atoms with Crippen molar-refractivity contribution in [3.05, 3.63) is 75.8 Å². The number of carbonyl (C=O) groups is 1. The molecule has 1 N–H and O–H groups in total. The Morgan fingerprint density at radius 1 is 1.26 bits per heavy atom.